The largest absolute Gasteiger partial charge is 0.352 e. The van der Waals surface area contributed by atoms with E-state index >= 15 is 0 Å². The van der Waals surface area contributed by atoms with Gasteiger partial charge < -0.3 is 16.4 Å². The predicted molar refractivity (Wildman–Crippen MR) is 76.1 cm³/mol. The average Bonchev–Trinajstić information content (AvgIpc) is 2.31. The molecule has 0 spiro atoms. The Kier molecular flexibility index (Phi) is 5.51. The van der Waals surface area contributed by atoms with Gasteiger partial charge in [0, 0.05) is 30.3 Å². The number of amides is 2. The van der Waals surface area contributed by atoms with Crippen LogP contribution in [0.4, 0.5) is 5.69 Å². The van der Waals surface area contributed by atoms with Crippen LogP contribution < -0.4 is 16.4 Å². The number of nitrogens with one attached hydrogen (secondary N) is 2. The SMILES string of the molecule is CCNC(=O)c1ccc(C)c(NC(=O)CC(C)N)c1. The van der Waals surface area contributed by atoms with E-state index in [1.54, 1.807) is 19.1 Å². The Morgan fingerprint density at radius 3 is 2.63 bits per heavy atom. The third-order valence-electron chi connectivity index (χ3n) is 2.62. The minimum Gasteiger partial charge on any atom is -0.352 e. The Bertz CT molecular complexity index is 470. The highest BCUT2D eigenvalue weighted by molar-refractivity contribution is 5.97. The van der Waals surface area contributed by atoms with Gasteiger partial charge in [-0.3, -0.25) is 9.59 Å². The lowest BCUT2D eigenvalue weighted by Crippen LogP contribution is -2.25. The summed E-state index contributed by atoms with van der Waals surface area (Å²) in [5.41, 5.74) is 7.66. The van der Waals surface area contributed by atoms with Gasteiger partial charge in [-0.1, -0.05) is 6.07 Å². The van der Waals surface area contributed by atoms with E-state index in [2.05, 4.69) is 10.6 Å². The molecule has 5 heteroatoms. The van der Waals surface area contributed by atoms with Crippen LogP contribution in [0.2, 0.25) is 0 Å². The first-order valence-corrected chi connectivity index (χ1v) is 6.38. The van der Waals surface area contributed by atoms with Gasteiger partial charge in [-0.15, -0.1) is 0 Å². The molecule has 0 aromatic heterocycles. The van der Waals surface area contributed by atoms with Gasteiger partial charge >= 0.3 is 0 Å². The number of benzene rings is 1. The van der Waals surface area contributed by atoms with Gasteiger partial charge in [-0.25, -0.2) is 0 Å². The van der Waals surface area contributed by atoms with Crippen molar-refractivity contribution >= 4 is 17.5 Å². The molecule has 0 aliphatic carbocycles. The second-order valence-corrected chi connectivity index (χ2v) is 4.62. The van der Waals surface area contributed by atoms with E-state index in [1.807, 2.05) is 19.9 Å². The van der Waals surface area contributed by atoms with Gasteiger partial charge in [0.25, 0.3) is 5.91 Å². The Labute approximate surface area is 113 Å². The minimum atomic E-state index is -0.188. The van der Waals surface area contributed by atoms with Gasteiger partial charge in [0.1, 0.15) is 0 Å². The number of rotatable bonds is 5. The van der Waals surface area contributed by atoms with Crippen LogP contribution >= 0.6 is 0 Å². The van der Waals surface area contributed by atoms with Gasteiger partial charge in [0.2, 0.25) is 5.91 Å². The lowest BCUT2D eigenvalue weighted by atomic mass is 10.1. The molecule has 0 fully saturated rings. The second-order valence-electron chi connectivity index (χ2n) is 4.62. The molecular formula is C14H21N3O2. The van der Waals surface area contributed by atoms with E-state index in [9.17, 15) is 9.59 Å². The molecule has 1 unspecified atom stereocenters. The summed E-state index contributed by atoms with van der Waals surface area (Å²) in [5, 5.41) is 5.50. The molecule has 2 amide bonds. The molecule has 1 aromatic rings. The zero-order chi connectivity index (χ0) is 14.4. The molecular weight excluding hydrogens is 242 g/mol. The molecule has 1 rings (SSSR count). The predicted octanol–water partition coefficient (Wildman–Crippen LogP) is 1.42. The summed E-state index contributed by atoms with van der Waals surface area (Å²) in [4.78, 5) is 23.4. The number of carbonyl (C=O) groups is 2. The minimum absolute atomic E-state index is 0.147. The molecule has 0 radical (unpaired) electrons. The van der Waals surface area contributed by atoms with Gasteiger partial charge in [-0.05, 0) is 38.5 Å². The Hall–Kier alpha value is -1.88. The summed E-state index contributed by atoms with van der Waals surface area (Å²) in [5.74, 6) is -0.295. The lowest BCUT2D eigenvalue weighted by molar-refractivity contribution is -0.116. The van der Waals surface area contributed by atoms with Crippen LogP contribution in [-0.2, 0) is 4.79 Å². The van der Waals surface area contributed by atoms with Crippen LogP contribution in [0.15, 0.2) is 18.2 Å². The van der Waals surface area contributed by atoms with E-state index in [1.165, 1.54) is 0 Å². The lowest BCUT2D eigenvalue weighted by Gasteiger charge is -2.11. The quantitative estimate of drug-likeness (QED) is 0.751. The summed E-state index contributed by atoms with van der Waals surface area (Å²) in [6.07, 6.45) is 0.255. The van der Waals surface area contributed by atoms with E-state index in [4.69, 9.17) is 5.73 Å². The average molecular weight is 263 g/mol. The van der Waals surface area contributed by atoms with Crippen molar-refractivity contribution in [2.45, 2.75) is 33.2 Å². The summed E-state index contributed by atoms with van der Waals surface area (Å²) < 4.78 is 0. The molecule has 0 bridgehead atoms. The third-order valence-corrected chi connectivity index (χ3v) is 2.62. The maximum Gasteiger partial charge on any atom is 0.251 e. The normalized spacial score (nSPS) is 11.8. The second kappa shape index (κ2) is 6.89. The van der Waals surface area contributed by atoms with Crippen LogP contribution in [0.1, 0.15) is 36.2 Å². The van der Waals surface area contributed by atoms with E-state index < -0.39 is 0 Å². The molecule has 4 N–H and O–H groups in total. The third kappa shape index (κ3) is 4.71. The number of aryl methyl sites for hydroxylation is 1. The first kappa shape index (κ1) is 15.2. The summed E-state index contributed by atoms with van der Waals surface area (Å²) in [6.45, 7) is 6.08. The van der Waals surface area contributed by atoms with Gasteiger partial charge in [0.05, 0.1) is 0 Å². The summed E-state index contributed by atoms with van der Waals surface area (Å²) in [6, 6.07) is 5.04. The number of hydrogen-bond acceptors (Lipinski definition) is 3. The van der Waals surface area contributed by atoms with Gasteiger partial charge in [-0.2, -0.15) is 0 Å². The number of nitrogens with two attached hydrogens (primary N) is 1. The Morgan fingerprint density at radius 1 is 1.37 bits per heavy atom. The molecule has 0 aliphatic heterocycles. The van der Waals surface area contributed by atoms with Crippen LogP contribution in [0.25, 0.3) is 0 Å². The summed E-state index contributed by atoms with van der Waals surface area (Å²) >= 11 is 0. The van der Waals surface area contributed by atoms with E-state index in [0.717, 1.165) is 5.56 Å². The van der Waals surface area contributed by atoms with Crippen molar-refractivity contribution in [3.63, 3.8) is 0 Å². The monoisotopic (exact) mass is 263 g/mol. The van der Waals surface area contributed by atoms with Crippen molar-refractivity contribution in [3.8, 4) is 0 Å². The van der Waals surface area contributed by atoms with Crippen LogP contribution in [0.5, 0.6) is 0 Å². The van der Waals surface area contributed by atoms with Crippen molar-refractivity contribution in [3.05, 3.63) is 29.3 Å². The molecule has 0 saturated heterocycles. The van der Waals surface area contributed by atoms with Crippen LogP contribution in [-0.4, -0.2) is 24.4 Å². The highest BCUT2D eigenvalue weighted by atomic mass is 16.2. The van der Waals surface area contributed by atoms with Crippen LogP contribution in [0.3, 0.4) is 0 Å². The molecule has 0 aliphatic rings. The number of hydrogen-bond donors (Lipinski definition) is 3. The molecule has 1 aromatic carbocycles. The summed E-state index contributed by atoms with van der Waals surface area (Å²) in [7, 11) is 0. The van der Waals surface area contributed by atoms with E-state index in [0.29, 0.717) is 17.8 Å². The molecule has 1 atom stereocenters. The first-order chi connectivity index (χ1) is 8.93. The molecule has 19 heavy (non-hydrogen) atoms. The Balaban J connectivity index is 2.85. The van der Waals surface area contributed by atoms with E-state index in [-0.39, 0.29) is 24.3 Å². The fraction of sp³-hybridized carbons (Fsp3) is 0.429. The highest BCUT2D eigenvalue weighted by Gasteiger charge is 2.10. The smallest absolute Gasteiger partial charge is 0.251 e. The maximum absolute atomic E-state index is 11.7. The van der Waals surface area contributed by atoms with Crippen molar-refractivity contribution in [2.24, 2.45) is 5.73 Å². The number of carbonyl (C=O) groups excluding carboxylic acids is 2. The fourth-order valence-electron chi connectivity index (χ4n) is 1.65. The highest BCUT2D eigenvalue weighted by Crippen LogP contribution is 2.17. The van der Waals surface area contributed by atoms with Crippen molar-refractivity contribution in [1.82, 2.24) is 5.32 Å². The topological polar surface area (TPSA) is 84.2 Å². The molecule has 0 saturated carbocycles. The van der Waals surface area contributed by atoms with Crippen molar-refractivity contribution < 1.29 is 9.59 Å². The maximum atomic E-state index is 11.7. The standard InChI is InChI=1S/C14H21N3O2/c1-4-16-14(19)11-6-5-9(2)12(8-11)17-13(18)7-10(3)15/h5-6,8,10H,4,7,15H2,1-3H3,(H,16,19)(H,17,18). The number of anilines is 1. The molecule has 5 nitrogen and oxygen atoms in total. The zero-order valence-electron chi connectivity index (χ0n) is 11.6. The van der Waals surface area contributed by atoms with Crippen molar-refractivity contribution in [1.29, 1.82) is 0 Å². The first-order valence-electron chi connectivity index (χ1n) is 6.38. The fourth-order valence-corrected chi connectivity index (χ4v) is 1.65. The Morgan fingerprint density at radius 2 is 2.05 bits per heavy atom. The molecule has 104 valence electrons. The van der Waals surface area contributed by atoms with Gasteiger partial charge in [0.15, 0.2) is 0 Å². The zero-order valence-corrected chi connectivity index (χ0v) is 11.6. The van der Waals surface area contributed by atoms with Crippen molar-refractivity contribution in [2.75, 3.05) is 11.9 Å². The van der Waals surface area contributed by atoms with Crippen LogP contribution in [0, 0.1) is 6.92 Å². The molecule has 0 heterocycles.